The fourth-order valence-corrected chi connectivity index (χ4v) is 5.93. The molecule has 0 saturated carbocycles. The van der Waals surface area contributed by atoms with Gasteiger partial charge in [-0.2, -0.15) is 0 Å². The van der Waals surface area contributed by atoms with Crippen LogP contribution >= 0.6 is 0 Å². The average Bonchev–Trinajstić information content (AvgIpc) is 3.06. The third-order valence-electron chi connectivity index (χ3n) is 10.2. The predicted octanol–water partition coefficient (Wildman–Crippen LogP) is 10.6. The van der Waals surface area contributed by atoms with Crippen molar-refractivity contribution >= 4 is 16.6 Å². The number of aromatic nitrogens is 2. The zero-order chi connectivity index (χ0) is 32.1. The normalized spacial score (nSPS) is 13.0. The second kappa shape index (κ2) is 15.4. The van der Waals surface area contributed by atoms with Gasteiger partial charge in [0.1, 0.15) is 5.76 Å². The summed E-state index contributed by atoms with van der Waals surface area (Å²) < 4.78 is 0. The van der Waals surface area contributed by atoms with E-state index >= 15 is 0 Å². The first kappa shape index (κ1) is 36.3. The van der Waals surface area contributed by atoms with E-state index in [1.54, 1.807) is 0 Å². The number of carbonyl (C=O) groups excluding carboxylic acids is 1. The van der Waals surface area contributed by atoms with Crippen molar-refractivity contribution in [1.29, 1.82) is 0 Å². The van der Waals surface area contributed by atoms with Crippen LogP contribution in [0.2, 0.25) is 0 Å². The molecule has 4 aromatic rings. The molecule has 45 heavy (non-hydrogen) atoms. The second-order valence-corrected chi connectivity index (χ2v) is 13.0. The van der Waals surface area contributed by atoms with Crippen molar-refractivity contribution in [3.05, 3.63) is 95.6 Å². The first-order valence-corrected chi connectivity index (χ1v) is 16.3. The van der Waals surface area contributed by atoms with Crippen LogP contribution in [-0.4, -0.2) is 20.9 Å². The fourth-order valence-electron chi connectivity index (χ4n) is 5.93. The average molecular weight is 782 g/mol. The molecule has 0 spiro atoms. The van der Waals surface area contributed by atoms with Crippen molar-refractivity contribution < 1.29 is 30.0 Å². The van der Waals surface area contributed by atoms with Crippen molar-refractivity contribution in [2.45, 2.75) is 99.8 Å². The predicted molar refractivity (Wildman–Crippen MR) is 184 cm³/mol. The molecule has 0 aliphatic heterocycles. The number of rotatable bonds is 9. The Balaban J connectivity index is 0.000000270. The Morgan fingerprint density at radius 1 is 0.933 bits per heavy atom. The summed E-state index contributed by atoms with van der Waals surface area (Å²) in [6.45, 7) is 16.6. The molecule has 1 radical (unpaired) electrons. The molecular formula is C40H49IrN2O2-. The molecule has 1 aliphatic rings. The summed E-state index contributed by atoms with van der Waals surface area (Å²) in [7, 11) is 0. The van der Waals surface area contributed by atoms with Crippen LogP contribution in [0.25, 0.3) is 33.2 Å². The Morgan fingerprint density at radius 2 is 1.58 bits per heavy atom. The number of hydrogen-bond donors (Lipinski definition) is 1. The second-order valence-electron chi connectivity index (χ2n) is 13.0. The van der Waals surface area contributed by atoms with Gasteiger partial charge in [0.15, 0.2) is 5.78 Å². The van der Waals surface area contributed by atoms with E-state index in [9.17, 15) is 9.90 Å². The van der Waals surface area contributed by atoms with Crippen LogP contribution < -0.4 is 0 Å². The van der Waals surface area contributed by atoms with Crippen LogP contribution in [0.15, 0.2) is 72.9 Å². The van der Waals surface area contributed by atoms with E-state index in [4.69, 9.17) is 4.98 Å². The number of benzene rings is 2. The standard InChI is InChI=1S/C25H21N2.C15H28O2.Ir/c1-16(2)24-14-19(13-17-5-3-4-6-20(17)24)25-23-8-7-18-15-26-11-9-21(18)22(23)10-12-27-25;1-7-14(5,8-2)12(16)11-13(17)15(6,9-3)10-4;/h3-6,9-12,14-16H,7-8H2,1-2H3;11,16H,7-10H2,1-6H3;/q-1;;/b;12-11-;. The van der Waals surface area contributed by atoms with E-state index in [1.165, 1.54) is 44.7 Å². The number of hydrogen-bond acceptors (Lipinski definition) is 4. The number of nitrogens with zero attached hydrogens (tertiary/aromatic N) is 2. The summed E-state index contributed by atoms with van der Waals surface area (Å²) in [6.07, 6.45) is 12.6. The molecule has 0 unspecified atom stereocenters. The van der Waals surface area contributed by atoms with Gasteiger partial charge in [0, 0.05) is 61.3 Å². The Morgan fingerprint density at radius 3 is 2.22 bits per heavy atom. The van der Waals surface area contributed by atoms with Gasteiger partial charge in [-0.3, -0.25) is 14.8 Å². The van der Waals surface area contributed by atoms with Crippen molar-refractivity contribution in [3.63, 3.8) is 0 Å². The number of aryl methyl sites for hydroxylation is 1. The Hall–Kier alpha value is -3.14. The largest absolute Gasteiger partial charge is 0.512 e. The molecule has 5 heteroatoms. The quantitative estimate of drug-likeness (QED) is 0.104. The van der Waals surface area contributed by atoms with Gasteiger partial charge in [-0.05, 0) is 78.8 Å². The maximum atomic E-state index is 12.2. The summed E-state index contributed by atoms with van der Waals surface area (Å²) in [4.78, 5) is 21.3. The van der Waals surface area contributed by atoms with Gasteiger partial charge >= 0.3 is 0 Å². The number of aliphatic hydroxyl groups excluding tert-OH is 1. The summed E-state index contributed by atoms with van der Waals surface area (Å²) in [5.41, 5.74) is 8.17. The molecule has 0 atom stereocenters. The first-order chi connectivity index (χ1) is 21.0. The Kier molecular flexibility index (Phi) is 12.5. The molecule has 0 saturated heterocycles. The third kappa shape index (κ3) is 7.64. The minimum atomic E-state index is -0.337. The van der Waals surface area contributed by atoms with E-state index < -0.39 is 0 Å². The van der Waals surface area contributed by atoms with Crippen LogP contribution in [0.1, 0.15) is 104 Å². The molecule has 1 N–H and O–H groups in total. The molecule has 0 amide bonds. The molecule has 241 valence electrons. The molecule has 5 rings (SSSR count). The van der Waals surface area contributed by atoms with Crippen LogP contribution in [0.5, 0.6) is 0 Å². The van der Waals surface area contributed by atoms with Gasteiger partial charge in [0.2, 0.25) is 0 Å². The zero-order valence-corrected chi connectivity index (χ0v) is 30.6. The number of pyridine rings is 2. The smallest absolute Gasteiger partial charge is 0.164 e. The number of ketones is 1. The van der Waals surface area contributed by atoms with Gasteiger partial charge < -0.3 is 5.11 Å². The fraction of sp³-hybridized carbons (Fsp3) is 0.425. The summed E-state index contributed by atoms with van der Waals surface area (Å²) in [5, 5.41) is 12.6. The summed E-state index contributed by atoms with van der Waals surface area (Å²) >= 11 is 0. The minimum Gasteiger partial charge on any atom is -0.512 e. The van der Waals surface area contributed by atoms with Crippen molar-refractivity contribution in [2.75, 3.05) is 0 Å². The number of fused-ring (bicyclic) bond motifs is 4. The summed E-state index contributed by atoms with van der Waals surface area (Å²) in [5.74, 6) is 0.739. The van der Waals surface area contributed by atoms with Crippen molar-refractivity contribution in [3.8, 4) is 22.4 Å². The van der Waals surface area contributed by atoms with Crippen LogP contribution in [0.3, 0.4) is 0 Å². The maximum Gasteiger partial charge on any atom is 0.164 e. The zero-order valence-electron chi connectivity index (χ0n) is 28.3. The monoisotopic (exact) mass is 782 g/mol. The van der Waals surface area contributed by atoms with Crippen LogP contribution in [0, 0.1) is 16.9 Å². The van der Waals surface area contributed by atoms with Crippen molar-refractivity contribution in [2.24, 2.45) is 10.8 Å². The molecule has 0 fully saturated rings. The van der Waals surface area contributed by atoms with Crippen LogP contribution in [-0.2, 0) is 37.7 Å². The van der Waals surface area contributed by atoms with Gasteiger partial charge in [0.25, 0.3) is 0 Å². The molecule has 2 aromatic heterocycles. The van der Waals surface area contributed by atoms with E-state index in [0.29, 0.717) is 5.92 Å². The van der Waals surface area contributed by atoms with Gasteiger partial charge in [0.05, 0.1) is 0 Å². The minimum absolute atomic E-state index is 0. The van der Waals surface area contributed by atoms with E-state index in [2.05, 4.69) is 67.4 Å². The topological polar surface area (TPSA) is 63.1 Å². The summed E-state index contributed by atoms with van der Waals surface area (Å²) in [6, 6.07) is 18.7. The maximum absolute atomic E-state index is 12.2. The van der Waals surface area contributed by atoms with Crippen molar-refractivity contribution in [1.82, 2.24) is 9.97 Å². The Bertz CT molecular complexity index is 1650. The van der Waals surface area contributed by atoms with E-state index in [1.807, 2.05) is 60.1 Å². The van der Waals surface area contributed by atoms with Gasteiger partial charge in [-0.25, -0.2) is 0 Å². The number of allylic oxidation sites excluding steroid dienone is 2. The SMILES string of the molecule is CC(C)c1cc(-c2nccc3c2CCc2cnccc2-3)[c-]c2ccccc12.CCC(C)(CC)C(=O)/C=C(\O)C(C)(CC)CC.[Ir]. The van der Waals surface area contributed by atoms with E-state index in [-0.39, 0.29) is 42.5 Å². The van der Waals surface area contributed by atoms with E-state index in [0.717, 1.165) is 49.8 Å². The molecular weight excluding hydrogens is 733 g/mol. The molecule has 2 aromatic carbocycles. The number of aliphatic hydroxyl groups is 1. The third-order valence-corrected chi connectivity index (χ3v) is 10.2. The van der Waals surface area contributed by atoms with Gasteiger partial charge in [-0.15, -0.1) is 29.1 Å². The molecule has 1 aliphatic carbocycles. The molecule has 0 bridgehead atoms. The molecule has 2 heterocycles. The Labute approximate surface area is 284 Å². The van der Waals surface area contributed by atoms with Gasteiger partial charge in [-0.1, -0.05) is 84.5 Å². The van der Waals surface area contributed by atoms with Crippen LogP contribution in [0.4, 0.5) is 0 Å². The number of carbonyl (C=O) groups is 1. The molecule has 4 nitrogen and oxygen atoms in total. The first-order valence-electron chi connectivity index (χ1n) is 16.3.